The molecule has 2 aromatic carbocycles. The smallest absolute Gasteiger partial charge is 0.311 e. The number of anilines is 1. The van der Waals surface area contributed by atoms with Gasteiger partial charge in [-0.15, -0.1) is 0 Å². The number of benzene rings is 2. The lowest BCUT2D eigenvalue weighted by Gasteiger charge is -2.20. The lowest BCUT2D eigenvalue weighted by molar-refractivity contribution is -0.147. The molecule has 0 N–H and O–H groups in total. The van der Waals surface area contributed by atoms with E-state index in [1.165, 1.54) is 0 Å². The number of nitrogens with zero attached hydrogens (tertiary/aromatic N) is 1. The molecular formula is C23H25NO4. The van der Waals surface area contributed by atoms with E-state index in [1.807, 2.05) is 58.0 Å². The van der Waals surface area contributed by atoms with Crippen LogP contribution in [0.1, 0.15) is 39.0 Å². The number of hydrogen-bond acceptors (Lipinski definition) is 4. The lowest BCUT2D eigenvalue weighted by Crippen LogP contribution is -2.28. The first kappa shape index (κ1) is 19.8. The summed E-state index contributed by atoms with van der Waals surface area (Å²) in [6.45, 7) is 7.69. The van der Waals surface area contributed by atoms with Gasteiger partial charge in [-0.2, -0.15) is 0 Å². The summed E-state index contributed by atoms with van der Waals surface area (Å²) in [6, 6.07) is 11.4. The van der Waals surface area contributed by atoms with Crippen LogP contribution in [-0.2, 0) is 14.3 Å². The van der Waals surface area contributed by atoms with Gasteiger partial charge in [0.15, 0.2) is 6.61 Å². The Labute approximate surface area is 165 Å². The largest absolute Gasteiger partial charge is 0.457 e. The molecule has 1 amide bonds. The second-order valence-corrected chi connectivity index (χ2v) is 7.47. The lowest BCUT2D eigenvalue weighted by atomic mass is 10.0. The summed E-state index contributed by atoms with van der Waals surface area (Å²) in [5, 5.41) is 0. The Morgan fingerprint density at radius 1 is 1.07 bits per heavy atom. The average molecular weight is 379 g/mol. The van der Waals surface area contributed by atoms with Gasteiger partial charge < -0.3 is 9.64 Å². The number of rotatable bonds is 5. The van der Waals surface area contributed by atoms with Gasteiger partial charge in [-0.1, -0.05) is 29.8 Å². The molecule has 2 aromatic rings. The van der Waals surface area contributed by atoms with Crippen LogP contribution in [0.15, 0.2) is 36.4 Å². The van der Waals surface area contributed by atoms with Crippen molar-refractivity contribution in [2.75, 3.05) is 18.1 Å². The van der Waals surface area contributed by atoms with Crippen molar-refractivity contribution in [3.05, 3.63) is 64.2 Å². The number of carbonyl (C=O) groups excluding carboxylic acids is 3. The second kappa shape index (κ2) is 7.97. The monoisotopic (exact) mass is 379 g/mol. The van der Waals surface area contributed by atoms with Crippen LogP contribution in [0.3, 0.4) is 0 Å². The fourth-order valence-electron chi connectivity index (χ4n) is 3.49. The molecule has 0 unspecified atom stereocenters. The van der Waals surface area contributed by atoms with Gasteiger partial charge in [0.05, 0.1) is 5.92 Å². The average Bonchev–Trinajstić information content (AvgIpc) is 3.05. The van der Waals surface area contributed by atoms with Gasteiger partial charge in [-0.05, 0) is 56.5 Å². The first-order valence-corrected chi connectivity index (χ1v) is 9.41. The number of hydrogen-bond donors (Lipinski definition) is 0. The molecular weight excluding hydrogens is 354 g/mol. The summed E-state index contributed by atoms with van der Waals surface area (Å²) < 4.78 is 5.26. The minimum atomic E-state index is -0.557. The number of ketones is 1. The molecule has 0 aromatic heterocycles. The third-order valence-corrected chi connectivity index (χ3v) is 5.36. The van der Waals surface area contributed by atoms with Gasteiger partial charge in [0.2, 0.25) is 11.7 Å². The third kappa shape index (κ3) is 3.98. The van der Waals surface area contributed by atoms with Gasteiger partial charge in [0.1, 0.15) is 0 Å². The van der Waals surface area contributed by atoms with Crippen molar-refractivity contribution in [2.45, 2.75) is 34.1 Å². The van der Waals surface area contributed by atoms with Crippen molar-refractivity contribution < 1.29 is 19.1 Å². The predicted molar refractivity (Wildman–Crippen MR) is 108 cm³/mol. The highest BCUT2D eigenvalue weighted by Gasteiger charge is 2.37. The van der Waals surface area contributed by atoms with Gasteiger partial charge in [-0.3, -0.25) is 14.4 Å². The molecule has 5 heteroatoms. The topological polar surface area (TPSA) is 63.7 Å². The molecule has 1 saturated heterocycles. The van der Waals surface area contributed by atoms with Crippen LogP contribution in [0.25, 0.3) is 0 Å². The number of ether oxygens (including phenoxy) is 1. The number of aryl methyl sites for hydroxylation is 3. The number of carbonyl (C=O) groups is 3. The Balaban J connectivity index is 1.64. The maximum Gasteiger partial charge on any atom is 0.311 e. The molecule has 0 saturated carbocycles. The highest BCUT2D eigenvalue weighted by Crippen LogP contribution is 2.29. The molecule has 146 valence electrons. The SMILES string of the molecule is Cc1ccc(C)c(C(=O)COC(=O)[C@@H]2CC(=O)N(c3cccc(C)c3C)C2)c1. The third-order valence-electron chi connectivity index (χ3n) is 5.36. The van der Waals surface area contributed by atoms with Crippen LogP contribution >= 0.6 is 0 Å². The van der Waals surface area contributed by atoms with Crippen molar-refractivity contribution in [1.82, 2.24) is 0 Å². The summed E-state index contributed by atoms with van der Waals surface area (Å²) in [7, 11) is 0. The number of amides is 1. The molecule has 1 heterocycles. The second-order valence-electron chi connectivity index (χ2n) is 7.47. The standard InChI is InChI=1S/C23H25NO4/c1-14-8-9-16(3)19(10-14)21(25)13-28-23(27)18-11-22(26)24(12-18)20-7-5-6-15(2)17(20)4/h5-10,18H,11-13H2,1-4H3/t18-/m1/s1. The van der Waals surface area contributed by atoms with Crippen LogP contribution in [0.2, 0.25) is 0 Å². The van der Waals surface area contributed by atoms with Gasteiger partial charge in [-0.25, -0.2) is 0 Å². The fourth-order valence-corrected chi connectivity index (χ4v) is 3.49. The van der Waals surface area contributed by atoms with Crippen molar-refractivity contribution in [2.24, 2.45) is 5.92 Å². The van der Waals surface area contributed by atoms with E-state index in [9.17, 15) is 14.4 Å². The Hall–Kier alpha value is -2.95. The molecule has 0 spiro atoms. The van der Waals surface area contributed by atoms with Gasteiger partial charge in [0.25, 0.3) is 0 Å². The quantitative estimate of drug-likeness (QED) is 0.587. The fraction of sp³-hybridized carbons (Fsp3) is 0.348. The summed E-state index contributed by atoms with van der Waals surface area (Å²) in [5.74, 6) is -1.39. The van der Waals surface area contributed by atoms with Crippen LogP contribution in [-0.4, -0.2) is 30.8 Å². The molecule has 1 atom stereocenters. The first-order valence-electron chi connectivity index (χ1n) is 9.41. The molecule has 1 fully saturated rings. The Bertz CT molecular complexity index is 948. The number of esters is 1. The van der Waals surface area contributed by atoms with Crippen LogP contribution in [0, 0.1) is 33.6 Å². The molecule has 0 radical (unpaired) electrons. The van der Waals surface area contributed by atoms with Crippen molar-refractivity contribution >= 4 is 23.3 Å². The maximum absolute atomic E-state index is 12.5. The molecule has 3 rings (SSSR count). The van der Waals surface area contributed by atoms with Crippen LogP contribution in [0.5, 0.6) is 0 Å². The minimum absolute atomic E-state index is 0.100. The van der Waals surface area contributed by atoms with Gasteiger partial charge >= 0.3 is 5.97 Å². The van der Waals surface area contributed by atoms with E-state index >= 15 is 0 Å². The highest BCUT2D eigenvalue weighted by molar-refractivity contribution is 6.01. The van der Waals surface area contributed by atoms with E-state index < -0.39 is 11.9 Å². The highest BCUT2D eigenvalue weighted by atomic mass is 16.5. The summed E-state index contributed by atoms with van der Waals surface area (Å²) in [6.07, 6.45) is 0.101. The van der Waals surface area contributed by atoms with Crippen molar-refractivity contribution in [3.8, 4) is 0 Å². The minimum Gasteiger partial charge on any atom is -0.457 e. The van der Waals surface area contributed by atoms with Crippen LogP contribution in [0.4, 0.5) is 5.69 Å². The van der Waals surface area contributed by atoms with Crippen molar-refractivity contribution in [3.63, 3.8) is 0 Å². The molecule has 28 heavy (non-hydrogen) atoms. The first-order chi connectivity index (χ1) is 13.3. The van der Waals surface area contributed by atoms with E-state index in [1.54, 1.807) is 11.0 Å². The zero-order chi connectivity index (χ0) is 20.4. The molecule has 0 bridgehead atoms. The predicted octanol–water partition coefficient (Wildman–Crippen LogP) is 3.70. The summed E-state index contributed by atoms with van der Waals surface area (Å²) in [4.78, 5) is 39.0. The maximum atomic E-state index is 12.5. The molecule has 1 aliphatic heterocycles. The Kier molecular flexibility index (Phi) is 5.63. The van der Waals surface area contributed by atoms with E-state index in [4.69, 9.17) is 4.74 Å². The summed E-state index contributed by atoms with van der Waals surface area (Å²) >= 11 is 0. The van der Waals surface area contributed by atoms with E-state index in [-0.39, 0.29) is 31.3 Å². The molecule has 1 aliphatic rings. The van der Waals surface area contributed by atoms with E-state index in [0.29, 0.717) is 5.56 Å². The van der Waals surface area contributed by atoms with Crippen molar-refractivity contribution in [1.29, 1.82) is 0 Å². The molecule has 0 aliphatic carbocycles. The van der Waals surface area contributed by atoms with E-state index in [2.05, 4.69) is 0 Å². The Morgan fingerprint density at radius 2 is 1.82 bits per heavy atom. The van der Waals surface area contributed by atoms with Gasteiger partial charge in [0, 0.05) is 24.2 Å². The zero-order valence-corrected chi connectivity index (χ0v) is 16.7. The summed E-state index contributed by atoms with van der Waals surface area (Å²) in [5.41, 5.74) is 5.33. The zero-order valence-electron chi connectivity index (χ0n) is 16.7. The Morgan fingerprint density at radius 3 is 2.57 bits per heavy atom. The van der Waals surface area contributed by atoms with E-state index in [0.717, 1.165) is 27.9 Å². The normalized spacial score (nSPS) is 16.4. The molecule has 5 nitrogen and oxygen atoms in total. The van der Waals surface area contributed by atoms with Crippen LogP contribution < -0.4 is 4.90 Å². The number of Topliss-reactive ketones (excluding diaryl/α,β-unsaturated/α-hetero) is 1.